The number of aromatic nitrogens is 1. The molecule has 0 saturated carbocycles. The minimum absolute atomic E-state index is 0.0411. The topological polar surface area (TPSA) is 149 Å². The van der Waals surface area contributed by atoms with E-state index in [2.05, 4.69) is 4.98 Å². The van der Waals surface area contributed by atoms with Crippen molar-refractivity contribution >= 4 is 40.7 Å². The summed E-state index contributed by atoms with van der Waals surface area (Å²) in [7, 11) is 0. The van der Waals surface area contributed by atoms with E-state index in [4.69, 9.17) is 9.47 Å². The number of thiazole rings is 1. The summed E-state index contributed by atoms with van der Waals surface area (Å²) in [5.74, 6) is -3.90. The Morgan fingerprint density at radius 1 is 1.23 bits per heavy atom. The standard InChI is InChI=1S/C18H18N2O8S2/c1-3-27-16(22)12-11(9-7-8(20(25)26)5-6-10(9)21)13-15(19-18(24)30-13)29-14(12)17(23)28-4-2/h5-7,11-12,14,21H,3-4H2,1-2H3,(H,19,24)/t11-,12+,14+/m1/s1. The zero-order valence-electron chi connectivity index (χ0n) is 15.9. The first-order valence-corrected chi connectivity index (χ1v) is 10.7. The molecule has 3 rings (SSSR count). The number of nitro benzene ring substituents is 1. The first-order valence-electron chi connectivity index (χ1n) is 8.98. The van der Waals surface area contributed by atoms with Crippen LogP contribution in [0.3, 0.4) is 0 Å². The van der Waals surface area contributed by atoms with E-state index >= 15 is 0 Å². The van der Waals surface area contributed by atoms with Gasteiger partial charge in [-0.05, 0) is 19.9 Å². The van der Waals surface area contributed by atoms with Crippen LogP contribution in [0, 0.1) is 16.0 Å². The van der Waals surface area contributed by atoms with Gasteiger partial charge in [-0.25, -0.2) is 0 Å². The molecule has 0 amide bonds. The predicted octanol–water partition coefficient (Wildman–Crippen LogP) is 2.40. The molecule has 1 aliphatic rings. The SMILES string of the molecule is CCOC(=O)[C@H]1[C@@H](c2cc([N+](=O)[O-])ccc2O)c2sc(=O)[nH]c2S[C@@H]1C(=O)OCC. The minimum atomic E-state index is -1.17. The molecule has 2 aromatic rings. The second-order valence-electron chi connectivity index (χ2n) is 6.25. The van der Waals surface area contributed by atoms with Crippen LogP contribution >= 0.6 is 23.1 Å². The third-order valence-electron chi connectivity index (χ3n) is 4.49. The second kappa shape index (κ2) is 8.88. The lowest BCUT2D eigenvalue weighted by Gasteiger charge is -2.34. The van der Waals surface area contributed by atoms with Gasteiger partial charge < -0.3 is 19.6 Å². The number of phenols is 1. The average Bonchev–Trinajstić information content (AvgIpc) is 3.07. The van der Waals surface area contributed by atoms with Crippen LogP contribution in [-0.4, -0.2) is 45.4 Å². The molecule has 0 saturated heterocycles. The van der Waals surface area contributed by atoms with Crippen molar-refractivity contribution in [1.29, 1.82) is 0 Å². The number of thioether (sulfide) groups is 1. The van der Waals surface area contributed by atoms with Crippen molar-refractivity contribution in [1.82, 2.24) is 4.98 Å². The van der Waals surface area contributed by atoms with E-state index < -0.39 is 38.8 Å². The van der Waals surface area contributed by atoms with Gasteiger partial charge in [-0.3, -0.25) is 24.5 Å². The molecule has 1 aliphatic heterocycles. The molecule has 1 aromatic carbocycles. The number of benzene rings is 1. The highest BCUT2D eigenvalue weighted by atomic mass is 32.2. The van der Waals surface area contributed by atoms with E-state index in [1.54, 1.807) is 13.8 Å². The summed E-state index contributed by atoms with van der Waals surface area (Å²) in [4.78, 5) is 50.8. The molecule has 3 atom stereocenters. The second-order valence-corrected chi connectivity index (χ2v) is 8.42. The summed E-state index contributed by atoms with van der Waals surface area (Å²) >= 11 is 1.78. The van der Waals surface area contributed by atoms with Crippen molar-refractivity contribution in [3.05, 3.63) is 48.4 Å². The van der Waals surface area contributed by atoms with Gasteiger partial charge in [0.2, 0.25) is 0 Å². The Labute approximate surface area is 178 Å². The fourth-order valence-corrected chi connectivity index (χ4v) is 5.77. The molecule has 30 heavy (non-hydrogen) atoms. The highest BCUT2D eigenvalue weighted by Crippen LogP contribution is 2.51. The van der Waals surface area contributed by atoms with Gasteiger partial charge in [-0.15, -0.1) is 0 Å². The van der Waals surface area contributed by atoms with E-state index in [9.17, 15) is 29.6 Å². The lowest BCUT2D eigenvalue weighted by molar-refractivity contribution is -0.385. The van der Waals surface area contributed by atoms with Gasteiger partial charge in [0, 0.05) is 28.5 Å². The molecule has 10 nitrogen and oxygen atoms in total. The van der Waals surface area contributed by atoms with Crippen LogP contribution in [0.15, 0.2) is 28.0 Å². The molecule has 0 fully saturated rings. The zero-order chi connectivity index (χ0) is 22.0. The number of hydrogen-bond acceptors (Lipinski definition) is 10. The summed E-state index contributed by atoms with van der Waals surface area (Å²) in [5, 5.41) is 21.0. The van der Waals surface area contributed by atoms with Crippen LogP contribution in [0.25, 0.3) is 0 Å². The number of phenolic OH excluding ortho intramolecular Hbond substituents is 1. The van der Waals surface area contributed by atoms with Gasteiger partial charge in [0.1, 0.15) is 11.0 Å². The largest absolute Gasteiger partial charge is 0.508 e. The fourth-order valence-electron chi connectivity index (χ4n) is 3.31. The number of nitrogens with one attached hydrogen (secondary N) is 1. The molecular formula is C18H18N2O8S2. The lowest BCUT2D eigenvalue weighted by atomic mass is 9.81. The molecule has 2 heterocycles. The number of H-pyrrole nitrogens is 1. The Bertz CT molecular complexity index is 1050. The van der Waals surface area contributed by atoms with Crippen molar-refractivity contribution in [2.45, 2.75) is 30.0 Å². The Kier molecular flexibility index (Phi) is 6.46. The molecule has 1 aromatic heterocycles. The number of non-ortho nitro benzene ring substituents is 1. The zero-order valence-corrected chi connectivity index (χ0v) is 17.6. The van der Waals surface area contributed by atoms with Crippen molar-refractivity contribution in [3.63, 3.8) is 0 Å². The highest BCUT2D eigenvalue weighted by Gasteiger charge is 2.50. The van der Waals surface area contributed by atoms with Gasteiger partial charge in [-0.2, -0.15) is 0 Å². The predicted molar refractivity (Wildman–Crippen MR) is 108 cm³/mol. The number of nitro groups is 1. The van der Waals surface area contributed by atoms with Crippen molar-refractivity contribution in [2.24, 2.45) is 5.92 Å². The summed E-state index contributed by atoms with van der Waals surface area (Å²) in [6, 6.07) is 3.41. The van der Waals surface area contributed by atoms with Crippen molar-refractivity contribution in [2.75, 3.05) is 13.2 Å². The van der Waals surface area contributed by atoms with Gasteiger partial charge in [0.25, 0.3) is 5.69 Å². The maximum Gasteiger partial charge on any atom is 0.320 e. The number of rotatable bonds is 6. The molecular weight excluding hydrogens is 436 g/mol. The maximum absolute atomic E-state index is 12.9. The number of esters is 2. The Morgan fingerprint density at radius 2 is 1.90 bits per heavy atom. The quantitative estimate of drug-likeness (QED) is 0.381. The van der Waals surface area contributed by atoms with Gasteiger partial charge in [0.05, 0.1) is 29.1 Å². The first-order chi connectivity index (χ1) is 14.3. The third kappa shape index (κ3) is 4.05. The monoisotopic (exact) mass is 454 g/mol. The van der Waals surface area contributed by atoms with E-state index in [0.717, 1.165) is 41.3 Å². The number of carbonyl (C=O) groups excluding carboxylic acids is 2. The summed E-state index contributed by atoms with van der Waals surface area (Å²) in [6.07, 6.45) is 0. The summed E-state index contributed by atoms with van der Waals surface area (Å²) in [6.45, 7) is 3.34. The lowest BCUT2D eigenvalue weighted by Crippen LogP contribution is -2.41. The molecule has 160 valence electrons. The van der Waals surface area contributed by atoms with Gasteiger partial charge in [0.15, 0.2) is 0 Å². The maximum atomic E-state index is 12.9. The van der Waals surface area contributed by atoms with E-state index in [1.807, 2.05) is 0 Å². The minimum Gasteiger partial charge on any atom is -0.508 e. The molecule has 0 aliphatic carbocycles. The van der Waals surface area contributed by atoms with E-state index in [-0.39, 0.29) is 30.2 Å². The summed E-state index contributed by atoms with van der Waals surface area (Å²) in [5.41, 5.74) is -0.255. The van der Waals surface area contributed by atoms with E-state index in [1.165, 1.54) is 0 Å². The number of aromatic hydroxyl groups is 1. The number of fused-ring (bicyclic) bond motifs is 1. The van der Waals surface area contributed by atoms with Crippen LogP contribution in [-0.2, 0) is 19.1 Å². The van der Waals surface area contributed by atoms with E-state index in [0.29, 0.717) is 9.90 Å². The number of carbonyl (C=O) groups is 2. The number of ether oxygens (including phenoxy) is 2. The van der Waals surface area contributed by atoms with Crippen molar-refractivity contribution < 1.29 is 29.1 Å². The van der Waals surface area contributed by atoms with Crippen LogP contribution in [0.2, 0.25) is 0 Å². The smallest absolute Gasteiger partial charge is 0.320 e. The fraction of sp³-hybridized carbons (Fsp3) is 0.389. The normalized spacial score (nSPS) is 20.3. The third-order valence-corrected chi connectivity index (χ3v) is 6.88. The molecule has 0 bridgehead atoms. The number of aromatic amines is 1. The molecule has 0 radical (unpaired) electrons. The van der Waals surface area contributed by atoms with Crippen LogP contribution in [0.4, 0.5) is 5.69 Å². The van der Waals surface area contributed by atoms with Gasteiger partial charge >= 0.3 is 16.8 Å². The van der Waals surface area contributed by atoms with Crippen LogP contribution in [0.5, 0.6) is 5.75 Å². The van der Waals surface area contributed by atoms with Crippen LogP contribution in [0.1, 0.15) is 30.2 Å². The Balaban J connectivity index is 2.25. The molecule has 0 unspecified atom stereocenters. The Hall–Kier alpha value is -2.86. The number of nitrogens with zero attached hydrogens (tertiary/aromatic N) is 1. The Morgan fingerprint density at radius 3 is 2.53 bits per heavy atom. The van der Waals surface area contributed by atoms with Gasteiger partial charge in [-0.1, -0.05) is 23.1 Å². The highest BCUT2D eigenvalue weighted by molar-refractivity contribution is 8.00. The number of hydrogen-bond donors (Lipinski definition) is 2. The summed E-state index contributed by atoms with van der Waals surface area (Å²) < 4.78 is 10.3. The molecule has 2 N–H and O–H groups in total. The average molecular weight is 454 g/mol. The van der Waals surface area contributed by atoms with Crippen LogP contribution < -0.4 is 4.87 Å². The first kappa shape index (κ1) is 21.8. The van der Waals surface area contributed by atoms with Crippen molar-refractivity contribution in [3.8, 4) is 5.75 Å². The molecule has 12 heteroatoms. The molecule has 0 spiro atoms.